The Morgan fingerprint density at radius 3 is 0.959 bits per heavy atom. The fraction of sp³-hybridized carbons (Fsp3) is 0.415. The number of aliphatic hydroxyl groups is 2. The summed E-state index contributed by atoms with van der Waals surface area (Å²) in [5, 5.41) is 28.3. The first-order valence-corrected chi connectivity index (χ1v) is 21.2. The van der Waals surface area contributed by atoms with Gasteiger partial charge in [0.2, 0.25) is 0 Å². The first kappa shape index (κ1) is 35.9. The van der Waals surface area contributed by atoms with Crippen molar-refractivity contribution < 1.29 is 28.5 Å². The highest BCUT2D eigenvalue weighted by Gasteiger charge is 2.64. The third kappa shape index (κ3) is 6.32. The van der Waals surface area contributed by atoms with Gasteiger partial charge in [-0.15, -0.1) is 0 Å². The maximum absolute atomic E-state index is 12.3. The normalized spacial score (nSPS) is 25.9. The minimum atomic E-state index is -3.16. The molecule has 2 aliphatic rings. The minimum Gasteiger partial charge on any atom is -0.399 e. The van der Waals surface area contributed by atoms with Crippen LogP contribution in [0.25, 0.3) is 0 Å². The largest absolute Gasteiger partial charge is 0.399 e. The summed E-state index contributed by atoms with van der Waals surface area (Å²) in [6.45, 7) is 17.0. The van der Waals surface area contributed by atoms with Crippen LogP contribution in [0.3, 0.4) is 0 Å². The molecule has 6 rings (SSSR count). The number of hydrogen-bond acceptors (Lipinski definition) is 6. The quantitative estimate of drug-likeness (QED) is 0.249. The Bertz CT molecular complexity index is 1470. The standard InChI is InChI=1S/C41H52O6Si2/c1-39(2,3)48(29-21-13-9-14-22-29,30-23-15-10-16-24-30)46-35-33(42)34(43)36(38-37(35)44-41(7,8)45-38)47-49(40(4,5)6,31-25-17-11-18-26-31)32-27-19-12-20-28-32/h9-28,33-38,42-43H,1-8H3/t33-,34-,35-,36-,37-,38-/m1/s1. The molecular formula is C41H52O6Si2. The van der Waals surface area contributed by atoms with E-state index >= 15 is 0 Å². The Kier molecular flexibility index (Phi) is 9.76. The molecule has 2 fully saturated rings. The van der Waals surface area contributed by atoms with Crippen LogP contribution in [0, 0.1) is 0 Å². The van der Waals surface area contributed by atoms with Crippen molar-refractivity contribution in [2.75, 3.05) is 0 Å². The second-order valence-corrected chi connectivity index (χ2v) is 24.5. The first-order chi connectivity index (χ1) is 23.1. The monoisotopic (exact) mass is 696 g/mol. The lowest BCUT2D eigenvalue weighted by molar-refractivity contribution is -0.182. The van der Waals surface area contributed by atoms with Crippen molar-refractivity contribution in [3.8, 4) is 0 Å². The van der Waals surface area contributed by atoms with Gasteiger partial charge in [0.25, 0.3) is 16.6 Å². The van der Waals surface area contributed by atoms with Gasteiger partial charge in [0.1, 0.15) is 36.6 Å². The molecule has 0 spiro atoms. The molecular weight excluding hydrogens is 645 g/mol. The van der Waals surface area contributed by atoms with Gasteiger partial charge in [0, 0.05) is 0 Å². The maximum Gasteiger partial charge on any atom is 0.261 e. The molecule has 49 heavy (non-hydrogen) atoms. The molecule has 4 aromatic rings. The number of fused-ring (bicyclic) bond motifs is 1. The van der Waals surface area contributed by atoms with Crippen molar-refractivity contribution in [3.63, 3.8) is 0 Å². The number of rotatable bonds is 8. The van der Waals surface area contributed by atoms with Gasteiger partial charge in [-0.2, -0.15) is 0 Å². The predicted molar refractivity (Wildman–Crippen MR) is 201 cm³/mol. The Labute approximate surface area is 294 Å². The molecule has 1 heterocycles. The molecule has 0 amide bonds. The topological polar surface area (TPSA) is 77.4 Å². The van der Waals surface area contributed by atoms with E-state index in [1.807, 2.05) is 86.6 Å². The molecule has 6 atom stereocenters. The van der Waals surface area contributed by atoms with Crippen LogP contribution in [0.2, 0.25) is 10.1 Å². The van der Waals surface area contributed by atoms with Gasteiger partial charge in [-0.1, -0.05) is 163 Å². The third-order valence-corrected chi connectivity index (χ3v) is 20.4. The number of benzene rings is 4. The van der Waals surface area contributed by atoms with Crippen molar-refractivity contribution in [1.82, 2.24) is 0 Å². The van der Waals surface area contributed by atoms with Gasteiger partial charge in [-0.3, -0.25) is 0 Å². The van der Waals surface area contributed by atoms with Gasteiger partial charge in [0.05, 0.1) is 0 Å². The van der Waals surface area contributed by atoms with Crippen molar-refractivity contribution in [1.29, 1.82) is 0 Å². The van der Waals surface area contributed by atoms with Gasteiger partial charge >= 0.3 is 0 Å². The van der Waals surface area contributed by atoms with Crippen molar-refractivity contribution >= 4 is 37.4 Å². The zero-order valence-corrected chi connectivity index (χ0v) is 32.0. The molecule has 260 valence electrons. The molecule has 1 saturated heterocycles. The Morgan fingerprint density at radius 1 is 0.490 bits per heavy atom. The fourth-order valence-electron chi connectivity index (χ4n) is 8.17. The molecule has 0 aromatic heterocycles. The lowest BCUT2D eigenvalue weighted by atomic mass is 9.85. The second-order valence-electron chi connectivity index (χ2n) is 16.0. The van der Waals surface area contributed by atoms with E-state index in [4.69, 9.17) is 18.3 Å². The predicted octanol–water partition coefficient (Wildman–Crippen LogP) is 5.13. The highest BCUT2D eigenvalue weighted by Crippen LogP contribution is 2.46. The Balaban J connectivity index is 1.49. The van der Waals surface area contributed by atoms with Crippen LogP contribution in [0.4, 0.5) is 0 Å². The van der Waals surface area contributed by atoms with E-state index in [-0.39, 0.29) is 10.1 Å². The highest BCUT2D eigenvalue weighted by atomic mass is 28.4. The summed E-state index contributed by atoms with van der Waals surface area (Å²) in [5.74, 6) is -1.00. The highest BCUT2D eigenvalue weighted by molar-refractivity contribution is 7.00. The van der Waals surface area contributed by atoms with Crippen LogP contribution in [-0.2, 0) is 18.3 Å². The molecule has 6 nitrogen and oxygen atoms in total. The summed E-state index contributed by atoms with van der Waals surface area (Å²) in [6, 6.07) is 41.3. The van der Waals surface area contributed by atoms with Crippen LogP contribution in [-0.4, -0.2) is 69.3 Å². The lowest BCUT2D eigenvalue weighted by Crippen LogP contribution is -2.75. The van der Waals surface area contributed by atoms with Crippen LogP contribution >= 0.6 is 0 Å². The van der Waals surface area contributed by atoms with E-state index in [1.165, 1.54) is 0 Å². The Hall–Kier alpha value is -2.93. The zero-order chi connectivity index (χ0) is 35.2. The molecule has 1 aliphatic heterocycles. The molecule has 4 aromatic carbocycles. The number of aliphatic hydroxyl groups excluding tert-OH is 2. The van der Waals surface area contributed by atoms with Crippen LogP contribution in [0.15, 0.2) is 121 Å². The maximum atomic E-state index is 12.3. The van der Waals surface area contributed by atoms with E-state index in [9.17, 15) is 10.2 Å². The molecule has 1 saturated carbocycles. The van der Waals surface area contributed by atoms with E-state index in [0.29, 0.717) is 0 Å². The smallest absolute Gasteiger partial charge is 0.261 e. The van der Waals surface area contributed by atoms with Gasteiger partial charge < -0.3 is 28.5 Å². The van der Waals surface area contributed by atoms with Crippen LogP contribution < -0.4 is 20.7 Å². The minimum absolute atomic E-state index is 0.354. The van der Waals surface area contributed by atoms with E-state index < -0.39 is 59.0 Å². The summed E-state index contributed by atoms with van der Waals surface area (Å²) in [5.41, 5.74) is 0. The number of ether oxygens (including phenoxy) is 2. The third-order valence-electron chi connectivity index (χ3n) is 10.3. The van der Waals surface area contributed by atoms with Crippen LogP contribution in [0.1, 0.15) is 55.4 Å². The molecule has 0 bridgehead atoms. The molecule has 0 radical (unpaired) electrons. The lowest BCUT2D eigenvalue weighted by Gasteiger charge is -2.53. The summed E-state index contributed by atoms with van der Waals surface area (Å²) < 4.78 is 28.4. The average Bonchev–Trinajstić information content (AvgIpc) is 3.40. The fourth-order valence-corrected chi connectivity index (χ4v) is 17.6. The van der Waals surface area contributed by atoms with Gasteiger partial charge in [-0.25, -0.2) is 0 Å². The van der Waals surface area contributed by atoms with Gasteiger partial charge in [0.15, 0.2) is 5.79 Å². The van der Waals surface area contributed by atoms with Gasteiger partial charge in [-0.05, 0) is 44.7 Å². The SMILES string of the molecule is CC1(C)O[C@H]2[C@H](O1)[C@H](O[Si](c1ccccc1)(c1ccccc1)C(C)(C)C)[C@H](O)[C@@H](O)[C@H]2O[Si](c1ccccc1)(c1ccccc1)C(C)(C)C. The summed E-state index contributed by atoms with van der Waals surface area (Å²) in [4.78, 5) is 0. The summed E-state index contributed by atoms with van der Waals surface area (Å²) >= 11 is 0. The molecule has 1 aliphatic carbocycles. The van der Waals surface area contributed by atoms with E-state index in [1.54, 1.807) is 0 Å². The van der Waals surface area contributed by atoms with Crippen LogP contribution in [0.5, 0.6) is 0 Å². The van der Waals surface area contributed by atoms with Crippen molar-refractivity contribution in [3.05, 3.63) is 121 Å². The van der Waals surface area contributed by atoms with E-state index in [2.05, 4.69) is 90.1 Å². The molecule has 0 unspecified atom stereocenters. The summed E-state index contributed by atoms with van der Waals surface area (Å²) in [7, 11) is -6.31. The number of hydrogen-bond donors (Lipinski definition) is 2. The zero-order valence-electron chi connectivity index (χ0n) is 30.0. The first-order valence-electron chi connectivity index (χ1n) is 17.4. The summed E-state index contributed by atoms with van der Waals surface area (Å²) in [6.07, 6.45) is -5.84. The average molecular weight is 697 g/mol. The molecule has 2 N–H and O–H groups in total. The second kappa shape index (κ2) is 13.3. The molecule has 8 heteroatoms. The van der Waals surface area contributed by atoms with Crippen molar-refractivity contribution in [2.45, 2.75) is 108 Å². The van der Waals surface area contributed by atoms with E-state index in [0.717, 1.165) is 20.7 Å². The Morgan fingerprint density at radius 2 is 0.735 bits per heavy atom. The van der Waals surface area contributed by atoms with Crippen molar-refractivity contribution in [2.24, 2.45) is 0 Å².